The average molecular weight is 422 g/mol. The lowest BCUT2D eigenvalue weighted by Crippen LogP contribution is -2.48. The van der Waals surface area contributed by atoms with Gasteiger partial charge in [-0.2, -0.15) is 0 Å². The Morgan fingerprint density at radius 1 is 1.13 bits per heavy atom. The number of anilines is 1. The van der Waals surface area contributed by atoms with Gasteiger partial charge in [-0.1, -0.05) is 25.0 Å². The van der Waals surface area contributed by atoms with Crippen molar-refractivity contribution in [2.45, 2.75) is 70.0 Å². The topological polar surface area (TPSA) is 96.3 Å². The Morgan fingerprint density at radius 3 is 2.58 bits per heavy atom. The summed E-state index contributed by atoms with van der Waals surface area (Å²) in [5.74, 6) is 0.460. The fraction of sp³-hybridized carbons (Fsp3) is 0.478. The maximum atomic E-state index is 12.9. The van der Waals surface area contributed by atoms with Gasteiger partial charge in [-0.15, -0.1) is 0 Å². The van der Waals surface area contributed by atoms with E-state index in [-0.39, 0.29) is 11.8 Å². The second-order valence-corrected chi connectivity index (χ2v) is 8.83. The molecule has 8 heteroatoms. The van der Waals surface area contributed by atoms with E-state index in [0.29, 0.717) is 18.5 Å². The van der Waals surface area contributed by atoms with E-state index in [2.05, 4.69) is 21.4 Å². The molecule has 0 radical (unpaired) electrons. The molecule has 4 amide bonds. The van der Waals surface area contributed by atoms with Crippen LogP contribution < -0.4 is 10.6 Å². The molecule has 2 N–H and O–H groups in total. The first-order valence-corrected chi connectivity index (χ1v) is 11.1. The highest BCUT2D eigenvalue weighted by molar-refractivity contribution is 6.11. The molecule has 1 aliphatic carbocycles. The van der Waals surface area contributed by atoms with Gasteiger partial charge in [-0.25, -0.2) is 14.7 Å². The fourth-order valence-corrected chi connectivity index (χ4v) is 4.95. The number of rotatable bonds is 4. The second kappa shape index (κ2) is 7.51. The molecule has 3 heterocycles. The number of imidazole rings is 1. The Balaban J connectivity index is 1.26. The van der Waals surface area contributed by atoms with Gasteiger partial charge < -0.3 is 15.2 Å². The van der Waals surface area contributed by atoms with Gasteiger partial charge in [0, 0.05) is 30.4 Å². The Labute approximate surface area is 181 Å². The highest BCUT2D eigenvalue weighted by atomic mass is 16.2. The standard InChI is InChI=1S/C23H27N5O3/c1-15(28-21(30)23(26-22(28)31)11-3-4-12-23)20(29)24-17-9-7-16(8-10-17)18-14-27-13-5-2-6-19(27)25-18/h7-10,14-15H,2-6,11-13H2,1H3,(H,24,29)(H,26,31). The van der Waals surface area contributed by atoms with E-state index in [1.165, 1.54) is 12.8 Å². The number of amides is 4. The highest BCUT2D eigenvalue weighted by Crippen LogP contribution is 2.36. The fourth-order valence-electron chi connectivity index (χ4n) is 4.95. The molecule has 1 atom stereocenters. The zero-order chi connectivity index (χ0) is 21.6. The number of fused-ring (bicyclic) bond motifs is 1. The predicted molar refractivity (Wildman–Crippen MR) is 115 cm³/mol. The lowest BCUT2D eigenvalue weighted by Gasteiger charge is -2.23. The summed E-state index contributed by atoms with van der Waals surface area (Å²) >= 11 is 0. The van der Waals surface area contributed by atoms with Crippen LogP contribution in [0, 0.1) is 0 Å². The van der Waals surface area contributed by atoms with Crippen LogP contribution in [0.1, 0.15) is 51.3 Å². The molecule has 162 valence electrons. The third-order valence-corrected chi connectivity index (χ3v) is 6.77. The van der Waals surface area contributed by atoms with Crippen LogP contribution in [0.3, 0.4) is 0 Å². The molecule has 2 aliphatic heterocycles. The Bertz CT molecular complexity index is 1010. The number of nitrogens with zero attached hydrogens (tertiary/aromatic N) is 3. The van der Waals surface area contributed by atoms with Gasteiger partial charge in [0.05, 0.1) is 5.69 Å². The summed E-state index contributed by atoms with van der Waals surface area (Å²) in [4.78, 5) is 43.9. The molecule has 2 aromatic rings. The first kappa shape index (κ1) is 19.8. The SMILES string of the molecule is CC(C(=O)Nc1ccc(-c2cn3c(n2)CCCC3)cc1)N1C(=O)NC2(CCCC2)C1=O. The van der Waals surface area contributed by atoms with Crippen molar-refractivity contribution in [3.8, 4) is 11.3 Å². The Hall–Kier alpha value is -3.16. The van der Waals surface area contributed by atoms with Gasteiger partial charge >= 0.3 is 6.03 Å². The number of hydrogen-bond donors (Lipinski definition) is 2. The quantitative estimate of drug-likeness (QED) is 0.742. The molecule has 1 aromatic carbocycles. The lowest BCUT2D eigenvalue weighted by atomic mass is 9.97. The average Bonchev–Trinajstić information content (AvgIpc) is 3.47. The van der Waals surface area contributed by atoms with E-state index in [9.17, 15) is 14.4 Å². The third kappa shape index (κ3) is 3.40. The number of carbonyl (C=O) groups excluding carboxylic acids is 3. The molecule has 1 saturated heterocycles. The molecular weight excluding hydrogens is 394 g/mol. The van der Waals surface area contributed by atoms with E-state index in [1.807, 2.05) is 24.3 Å². The normalized spacial score (nSPS) is 20.6. The third-order valence-electron chi connectivity index (χ3n) is 6.77. The van der Waals surface area contributed by atoms with Crippen molar-refractivity contribution in [1.29, 1.82) is 0 Å². The summed E-state index contributed by atoms with van der Waals surface area (Å²) in [5, 5.41) is 5.65. The van der Waals surface area contributed by atoms with Crippen LogP contribution in [0.4, 0.5) is 10.5 Å². The molecule has 0 bridgehead atoms. The van der Waals surface area contributed by atoms with Crippen LogP contribution in [-0.4, -0.2) is 43.9 Å². The molecule has 3 aliphatic rings. The van der Waals surface area contributed by atoms with Crippen molar-refractivity contribution in [2.24, 2.45) is 0 Å². The van der Waals surface area contributed by atoms with Crippen LogP contribution in [-0.2, 0) is 22.6 Å². The summed E-state index contributed by atoms with van der Waals surface area (Å²) in [6, 6.07) is 6.14. The van der Waals surface area contributed by atoms with Crippen molar-refractivity contribution in [3.63, 3.8) is 0 Å². The summed E-state index contributed by atoms with van der Waals surface area (Å²) in [7, 11) is 0. The molecule has 8 nitrogen and oxygen atoms in total. The van der Waals surface area contributed by atoms with E-state index in [1.54, 1.807) is 6.92 Å². The maximum Gasteiger partial charge on any atom is 0.325 e. The Kier molecular flexibility index (Phi) is 4.79. The summed E-state index contributed by atoms with van der Waals surface area (Å²) < 4.78 is 2.21. The number of aromatic nitrogens is 2. The highest BCUT2D eigenvalue weighted by Gasteiger charge is 2.54. The van der Waals surface area contributed by atoms with Crippen LogP contribution >= 0.6 is 0 Å². The number of imide groups is 1. The summed E-state index contributed by atoms with van der Waals surface area (Å²) in [6.07, 6.45) is 8.56. The molecular formula is C23H27N5O3. The van der Waals surface area contributed by atoms with Crippen molar-refractivity contribution in [1.82, 2.24) is 19.8 Å². The van der Waals surface area contributed by atoms with Crippen molar-refractivity contribution in [2.75, 3.05) is 5.32 Å². The zero-order valence-electron chi connectivity index (χ0n) is 17.7. The monoisotopic (exact) mass is 421 g/mol. The van der Waals surface area contributed by atoms with Crippen molar-refractivity contribution in [3.05, 3.63) is 36.3 Å². The summed E-state index contributed by atoms with van der Waals surface area (Å²) in [6.45, 7) is 2.60. The largest absolute Gasteiger partial charge is 0.334 e. The van der Waals surface area contributed by atoms with Gasteiger partial charge in [0.25, 0.3) is 5.91 Å². The van der Waals surface area contributed by atoms with E-state index < -0.39 is 17.6 Å². The van der Waals surface area contributed by atoms with Crippen LogP contribution in [0.2, 0.25) is 0 Å². The van der Waals surface area contributed by atoms with Gasteiger partial charge in [0.15, 0.2) is 0 Å². The van der Waals surface area contributed by atoms with Gasteiger partial charge in [0.2, 0.25) is 5.91 Å². The number of nitrogens with one attached hydrogen (secondary N) is 2. The zero-order valence-corrected chi connectivity index (χ0v) is 17.7. The summed E-state index contributed by atoms with van der Waals surface area (Å²) in [5.41, 5.74) is 1.73. The first-order valence-electron chi connectivity index (χ1n) is 11.1. The van der Waals surface area contributed by atoms with Crippen LogP contribution in [0.5, 0.6) is 0 Å². The minimum absolute atomic E-state index is 0.281. The van der Waals surface area contributed by atoms with Crippen molar-refractivity contribution < 1.29 is 14.4 Å². The van der Waals surface area contributed by atoms with E-state index in [0.717, 1.165) is 47.8 Å². The smallest absolute Gasteiger partial charge is 0.325 e. The second-order valence-electron chi connectivity index (χ2n) is 8.83. The number of benzene rings is 1. The van der Waals surface area contributed by atoms with Gasteiger partial charge in [0.1, 0.15) is 17.4 Å². The molecule has 5 rings (SSSR count). The van der Waals surface area contributed by atoms with Crippen molar-refractivity contribution >= 4 is 23.5 Å². The van der Waals surface area contributed by atoms with Gasteiger partial charge in [-0.05, 0) is 44.7 Å². The number of carbonyl (C=O) groups is 3. The molecule has 1 aromatic heterocycles. The van der Waals surface area contributed by atoms with Gasteiger partial charge in [-0.3, -0.25) is 9.59 Å². The molecule has 1 unspecified atom stereocenters. The van der Waals surface area contributed by atoms with Crippen LogP contribution in [0.15, 0.2) is 30.5 Å². The molecule has 1 spiro atoms. The lowest BCUT2D eigenvalue weighted by molar-refractivity contribution is -0.136. The molecule has 1 saturated carbocycles. The number of urea groups is 1. The number of aryl methyl sites for hydroxylation is 2. The maximum absolute atomic E-state index is 12.9. The first-order chi connectivity index (χ1) is 15.0. The van der Waals surface area contributed by atoms with E-state index >= 15 is 0 Å². The predicted octanol–water partition coefficient (Wildman–Crippen LogP) is 3.08. The number of hydrogen-bond acceptors (Lipinski definition) is 4. The molecule has 31 heavy (non-hydrogen) atoms. The minimum atomic E-state index is -0.882. The van der Waals surface area contributed by atoms with Crippen LogP contribution in [0.25, 0.3) is 11.3 Å². The van der Waals surface area contributed by atoms with E-state index in [4.69, 9.17) is 4.98 Å². The minimum Gasteiger partial charge on any atom is -0.334 e. The Morgan fingerprint density at radius 2 is 1.87 bits per heavy atom. The molecule has 2 fully saturated rings.